The Bertz CT molecular complexity index is 731. The number of β-amino-alcohol motifs (C(OH)–C–C–N with tert-alkyl or cyclic N) is 1. The minimum Gasteiger partial charge on any atom is -0.469 e. The molecule has 0 aliphatic carbocycles. The Kier molecular flexibility index (Phi) is 6.31. The standard InChI is InChI=1S/C21H31N3O5/c1-21(2,3)29-20(27)24-10-8-16(17(13-24)19(26)28-4)14-5-6-18(22-11-14)23-9-7-15(25)12-23/h5-6,11,15-17,25H,7-10,12-13H2,1-4H3/t15-,16-,17+/m0/s1. The van der Waals surface area contributed by atoms with E-state index in [9.17, 15) is 14.7 Å². The number of amides is 1. The lowest BCUT2D eigenvalue weighted by molar-refractivity contribution is -0.148. The molecule has 0 spiro atoms. The van der Waals surface area contributed by atoms with Gasteiger partial charge in [-0.05, 0) is 45.2 Å². The van der Waals surface area contributed by atoms with E-state index in [1.54, 1.807) is 11.1 Å². The van der Waals surface area contributed by atoms with E-state index >= 15 is 0 Å². The number of nitrogens with zero attached hydrogens (tertiary/aromatic N) is 3. The molecule has 8 heteroatoms. The van der Waals surface area contributed by atoms with E-state index in [1.165, 1.54) is 7.11 Å². The number of piperidine rings is 1. The normalized spacial score (nSPS) is 25.1. The van der Waals surface area contributed by atoms with Gasteiger partial charge in [0, 0.05) is 38.3 Å². The third-order valence-electron chi connectivity index (χ3n) is 5.45. The highest BCUT2D eigenvalue weighted by molar-refractivity contribution is 5.76. The highest BCUT2D eigenvalue weighted by atomic mass is 16.6. The number of ether oxygens (including phenoxy) is 2. The van der Waals surface area contributed by atoms with Crippen LogP contribution in [0.3, 0.4) is 0 Å². The number of pyridine rings is 1. The summed E-state index contributed by atoms with van der Waals surface area (Å²) in [7, 11) is 1.37. The molecule has 3 rings (SSSR count). The van der Waals surface area contributed by atoms with Crippen molar-refractivity contribution < 1.29 is 24.2 Å². The molecule has 1 aromatic rings. The van der Waals surface area contributed by atoms with Crippen molar-refractivity contribution in [1.82, 2.24) is 9.88 Å². The lowest BCUT2D eigenvalue weighted by Crippen LogP contribution is -2.47. The second-order valence-corrected chi connectivity index (χ2v) is 8.79. The van der Waals surface area contributed by atoms with Crippen LogP contribution in [0.5, 0.6) is 0 Å². The molecule has 0 bridgehead atoms. The molecule has 29 heavy (non-hydrogen) atoms. The van der Waals surface area contributed by atoms with Gasteiger partial charge in [0.1, 0.15) is 11.4 Å². The molecule has 1 amide bonds. The van der Waals surface area contributed by atoms with Gasteiger partial charge in [0.15, 0.2) is 0 Å². The van der Waals surface area contributed by atoms with E-state index < -0.39 is 17.6 Å². The molecule has 8 nitrogen and oxygen atoms in total. The van der Waals surface area contributed by atoms with Gasteiger partial charge in [0.2, 0.25) is 0 Å². The third kappa shape index (κ3) is 5.18. The van der Waals surface area contributed by atoms with Gasteiger partial charge in [-0.25, -0.2) is 9.78 Å². The zero-order chi connectivity index (χ0) is 21.2. The summed E-state index contributed by atoms with van der Waals surface area (Å²) in [6.07, 6.45) is 2.45. The van der Waals surface area contributed by atoms with Gasteiger partial charge < -0.3 is 24.4 Å². The zero-order valence-corrected chi connectivity index (χ0v) is 17.6. The molecule has 2 aliphatic heterocycles. The second kappa shape index (κ2) is 8.57. The minimum atomic E-state index is -0.586. The first-order chi connectivity index (χ1) is 13.7. The summed E-state index contributed by atoms with van der Waals surface area (Å²) in [6.45, 7) is 7.60. The van der Waals surface area contributed by atoms with Gasteiger partial charge in [-0.2, -0.15) is 0 Å². The van der Waals surface area contributed by atoms with E-state index in [-0.39, 0.29) is 24.5 Å². The average Bonchev–Trinajstić information content (AvgIpc) is 3.12. The van der Waals surface area contributed by atoms with E-state index in [0.29, 0.717) is 19.5 Å². The lowest BCUT2D eigenvalue weighted by Gasteiger charge is -2.37. The Morgan fingerprint density at radius 2 is 1.93 bits per heavy atom. The Morgan fingerprint density at radius 1 is 1.17 bits per heavy atom. The van der Waals surface area contributed by atoms with Crippen molar-refractivity contribution >= 4 is 17.9 Å². The van der Waals surface area contributed by atoms with E-state index in [1.807, 2.05) is 32.9 Å². The molecular formula is C21H31N3O5. The molecule has 0 radical (unpaired) electrons. The lowest BCUT2D eigenvalue weighted by atomic mass is 9.81. The van der Waals surface area contributed by atoms with E-state index in [0.717, 1.165) is 24.3 Å². The molecule has 0 aromatic carbocycles. The summed E-state index contributed by atoms with van der Waals surface area (Å²) in [5.41, 5.74) is 0.366. The number of carbonyl (C=O) groups excluding carboxylic acids is 2. The van der Waals surface area contributed by atoms with Crippen molar-refractivity contribution in [1.29, 1.82) is 0 Å². The van der Waals surface area contributed by atoms with Crippen LogP contribution in [0.25, 0.3) is 0 Å². The Morgan fingerprint density at radius 3 is 2.48 bits per heavy atom. The predicted molar refractivity (Wildman–Crippen MR) is 108 cm³/mol. The Hall–Kier alpha value is -2.35. The van der Waals surface area contributed by atoms with Crippen LogP contribution in [0.2, 0.25) is 0 Å². The summed E-state index contributed by atoms with van der Waals surface area (Å²) >= 11 is 0. The number of methoxy groups -OCH3 is 1. The summed E-state index contributed by atoms with van der Waals surface area (Å²) in [5, 5.41) is 9.72. The number of hydrogen-bond acceptors (Lipinski definition) is 7. The second-order valence-electron chi connectivity index (χ2n) is 8.79. The quantitative estimate of drug-likeness (QED) is 0.771. The van der Waals surface area contributed by atoms with Gasteiger partial charge in [-0.1, -0.05) is 6.07 Å². The van der Waals surface area contributed by atoms with E-state index in [2.05, 4.69) is 9.88 Å². The third-order valence-corrected chi connectivity index (χ3v) is 5.45. The fourth-order valence-corrected chi connectivity index (χ4v) is 3.99. The molecule has 1 aromatic heterocycles. The number of hydrogen-bond donors (Lipinski definition) is 1. The fraction of sp³-hybridized carbons (Fsp3) is 0.667. The Balaban J connectivity index is 1.73. The maximum absolute atomic E-state index is 12.5. The summed E-state index contributed by atoms with van der Waals surface area (Å²) < 4.78 is 10.5. The zero-order valence-electron chi connectivity index (χ0n) is 17.6. The van der Waals surface area contributed by atoms with Crippen molar-refractivity contribution in [3.8, 4) is 0 Å². The van der Waals surface area contributed by atoms with Crippen LogP contribution in [0, 0.1) is 5.92 Å². The maximum Gasteiger partial charge on any atom is 0.410 e. The van der Waals surface area contributed by atoms with Gasteiger partial charge in [-0.15, -0.1) is 0 Å². The van der Waals surface area contributed by atoms with Gasteiger partial charge in [0.05, 0.1) is 19.1 Å². The maximum atomic E-state index is 12.5. The summed E-state index contributed by atoms with van der Waals surface area (Å²) in [4.78, 5) is 33.1. The van der Waals surface area contributed by atoms with Crippen molar-refractivity contribution in [2.45, 2.75) is 51.2 Å². The number of rotatable bonds is 3. The van der Waals surface area contributed by atoms with Crippen molar-refractivity contribution in [3.05, 3.63) is 23.9 Å². The molecule has 0 unspecified atom stereocenters. The Labute approximate surface area is 171 Å². The van der Waals surface area contributed by atoms with Gasteiger partial charge in [0.25, 0.3) is 0 Å². The number of aliphatic hydroxyl groups excluding tert-OH is 1. The van der Waals surface area contributed by atoms with Crippen LogP contribution in [-0.4, -0.2) is 72.0 Å². The number of aliphatic hydroxyl groups is 1. The van der Waals surface area contributed by atoms with Crippen molar-refractivity contribution in [2.24, 2.45) is 5.92 Å². The number of aromatic nitrogens is 1. The molecule has 0 saturated carbocycles. The summed E-state index contributed by atoms with van der Waals surface area (Å²) in [6, 6.07) is 3.92. The van der Waals surface area contributed by atoms with Crippen molar-refractivity contribution in [3.63, 3.8) is 0 Å². The smallest absolute Gasteiger partial charge is 0.410 e. The van der Waals surface area contributed by atoms with Crippen molar-refractivity contribution in [2.75, 3.05) is 38.2 Å². The molecule has 2 saturated heterocycles. The van der Waals surface area contributed by atoms with E-state index in [4.69, 9.17) is 9.47 Å². The first kappa shape index (κ1) is 21.4. The predicted octanol–water partition coefficient (Wildman–Crippen LogP) is 2.17. The fourth-order valence-electron chi connectivity index (χ4n) is 3.99. The number of carbonyl (C=O) groups is 2. The van der Waals surface area contributed by atoms with Gasteiger partial charge in [-0.3, -0.25) is 4.79 Å². The van der Waals surface area contributed by atoms with Gasteiger partial charge >= 0.3 is 12.1 Å². The molecule has 2 fully saturated rings. The molecule has 2 aliphatic rings. The SMILES string of the molecule is COC(=O)[C@@H]1CN(C(=O)OC(C)(C)C)CC[C@H]1c1ccc(N2CC[C@H](O)C2)nc1. The molecule has 3 heterocycles. The molecular weight excluding hydrogens is 374 g/mol. The number of esters is 1. The highest BCUT2D eigenvalue weighted by Gasteiger charge is 2.39. The van der Waals surface area contributed by atoms with Crippen LogP contribution in [0.1, 0.15) is 45.1 Å². The topological polar surface area (TPSA) is 92.2 Å². The van der Waals surface area contributed by atoms with Crippen LogP contribution in [0.15, 0.2) is 18.3 Å². The molecule has 1 N–H and O–H groups in total. The largest absolute Gasteiger partial charge is 0.469 e. The van der Waals surface area contributed by atoms with Crippen LogP contribution >= 0.6 is 0 Å². The van der Waals surface area contributed by atoms with Crippen LogP contribution < -0.4 is 4.90 Å². The highest BCUT2D eigenvalue weighted by Crippen LogP contribution is 2.35. The first-order valence-corrected chi connectivity index (χ1v) is 10.1. The minimum absolute atomic E-state index is 0.0770. The molecule has 160 valence electrons. The van der Waals surface area contributed by atoms with Crippen LogP contribution in [0.4, 0.5) is 10.6 Å². The average molecular weight is 405 g/mol. The molecule has 3 atom stereocenters. The number of anilines is 1. The summed E-state index contributed by atoms with van der Waals surface area (Å²) in [5.74, 6) is -0.0597. The van der Waals surface area contributed by atoms with Crippen LogP contribution in [-0.2, 0) is 14.3 Å². The first-order valence-electron chi connectivity index (χ1n) is 10.1. The monoisotopic (exact) mass is 405 g/mol. The number of likely N-dealkylation sites (tertiary alicyclic amines) is 1.